The first-order valence-corrected chi connectivity index (χ1v) is 17.7. The van der Waals surface area contributed by atoms with Crippen LogP contribution in [0.15, 0.2) is 42.4 Å². The minimum absolute atomic E-state index is 0.0387. The third kappa shape index (κ3) is 4.85. The quantitative estimate of drug-likeness (QED) is 0.102. The van der Waals surface area contributed by atoms with Gasteiger partial charge in [0.05, 0.1) is 22.8 Å². The number of anilines is 2. The van der Waals surface area contributed by atoms with Gasteiger partial charge < -0.3 is 15.4 Å². The molecule has 1 spiro atoms. The van der Waals surface area contributed by atoms with Crippen LogP contribution in [0, 0.1) is 34.8 Å². The van der Waals surface area contributed by atoms with Gasteiger partial charge in [-0.05, 0) is 92.5 Å². The fourth-order valence-electron chi connectivity index (χ4n) is 9.33. The maximum atomic E-state index is 17.1. The molecule has 3 saturated heterocycles. The topological polar surface area (TPSA) is 80.4 Å². The van der Waals surface area contributed by atoms with Gasteiger partial charge in [-0.15, -0.1) is 0 Å². The zero-order valence-corrected chi connectivity index (χ0v) is 27.8. The van der Waals surface area contributed by atoms with Crippen LogP contribution in [0.3, 0.4) is 0 Å². The third-order valence-corrected chi connectivity index (χ3v) is 12.1. The summed E-state index contributed by atoms with van der Waals surface area (Å²) in [5, 5.41) is 1.27. The molecule has 4 fully saturated rings. The molecular weight excluding hydrogens is 644 g/mol. The van der Waals surface area contributed by atoms with Crippen molar-refractivity contribution in [3.63, 3.8) is 0 Å². The number of aromatic nitrogens is 3. The molecule has 50 heavy (non-hydrogen) atoms. The number of alkyl halides is 1. The van der Waals surface area contributed by atoms with E-state index in [0.29, 0.717) is 68.0 Å². The number of hydrogen-bond acceptors (Lipinski definition) is 7. The standard InChI is InChI=1S/C39H38F4N6O/c40-19-23-18-39(38(11-12-38)13-15-48(39)21-23)22-50-37-46-34-29-20-45-33(32(34)42)28-17-26(44)16-25-9-10-30(41)27(31(25)28)8-3-1-2-6-24-7-4-5-14-49(35(24)43)36(29)47-37/h9-10,16-17,19-20,24,35H,1-2,4-7,11-15,18,21-22,44H2/b23-19+/t24-,35-,39+/m1/s1. The molecule has 0 radical (unpaired) electrons. The highest BCUT2D eigenvalue weighted by Crippen LogP contribution is 2.66. The average Bonchev–Trinajstić information content (AvgIpc) is 3.79. The molecule has 5 aliphatic heterocycles. The Bertz CT molecular complexity index is 2140. The lowest BCUT2D eigenvalue weighted by Gasteiger charge is -2.37. The van der Waals surface area contributed by atoms with Crippen LogP contribution in [0.25, 0.3) is 32.9 Å². The van der Waals surface area contributed by atoms with Gasteiger partial charge in [0.15, 0.2) is 12.1 Å². The molecule has 2 aromatic carbocycles. The summed E-state index contributed by atoms with van der Waals surface area (Å²) in [7, 11) is 0. The Labute approximate surface area is 287 Å². The average molecular weight is 683 g/mol. The van der Waals surface area contributed by atoms with Gasteiger partial charge in [-0.1, -0.05) is 24.3 Å². The Kier molecular flexibility index (Phi) is 7.46. The highest BCUT2D eigenvalue weighted by Gasteiger charge is 2.67. The predicted molar refractivity (Wildman–Crippen MR) is 185 cm³/mol. The fourth-order valence-corrected chi connectivity index (χ4v) is 9.33. The van der Waals surface area contributed by atoms with Crippen molar-refractivity contribution < 1.29 is 22.3 Å². The lowest BCUT2D eigenvalue weighted by atomic mass is 9.80. The molecule has 0 amide bonds. The van der Waals surface area contributed by atoms with Crippen molar-refractivity contribution >= 4 is 33.2 Å². The van der Waals surface area contributed by atoms with Gasteiger partial charge in [0.2, 0.25) is 0 Å². The Hall–Kier alpha value is -4.43. The normalized spacial score (nSPS) is 26.5. The van der Waals surface area contributed by atoms with E-state index >= 15 is 13.2 Å². The molecule has 3 atom stereocenters. The number of benzene rings is 2. The number of fused-ring (bicyclic) bond motifs is 6. The lowest BCUT2D eigenvalue weighted by molar-refractivity contribution is 0.0648. The van der Waals surface area contributed by atoms with Gasteiger partial charge in [-0.2, -0.15) is 9.97 Å². The number of nitrogen functional groups attached to an aromatic ring is 1. The van der Waals surface area contributed by atoms with E-state index in [1.165, 1.54) is 12.3 Å². The second kappa shape index (κ2) is 11.8. The summed E-state index contributed by atoms with van der Waals surface area (Å²) >= 11 is 0. The Morgan fingerprint density at radius 3 is 2.76 bits per heavy atom. The lowest BCUT2D eigenvalue weighted by Crippen LogP contribution is -2.49. The van der Waals surface area contributed by atoms with Crippen molar-refractivity contribution in [2.75, 3.05) is 36.9 Å². The van der Waals surface area contributed by atoms with Crippen LogP contribution < -0.4 is 15.4 Å². The smallest absolute Gasteiger partial charge is 0.319 e. The fraction of sp³-hybridized carbons (Fsp3) is 0.462. The van der Waals surface area contributed by atoms with Crippen LogP contribution in [0.5, 0.6) is 6.01 Å². The Morgan fingerprint density at radius 2 is 1.92 bits per heavy atom. The van der Waals surface area contributed by atoms with Crippen molar-refractivity contribution in [3.05, 3.63) is 59.6 Å². The molecule has 258 valence electrons. The zero-order valence-electron chi connectivity index (χ0n) is 27.8. The minimum atomic E-state index is -1.38. The first-order chi connectivity index (χ1) is 24.3. The molecule has 7 heterocycles. The number of ether oxygens (including phenoxy) is 1. The number of nitrogens with two attached hydrogens (primary N) is 1. The molecule has 6 bridgehead atoms. The minimum Gasteiger partial charge on any atom is -0.461 e. The molecule has 2 N–H and O–H groups in total. The maximum Gasteiger partial charge on any atom is 0.319 e. The summed E-state index contributed by atoms with van der Waals surface area (Å²) in [4.78, 5) is 17.9. The van der Waals surface area contributed by atoms with Crippen LogP contribution in [0.4, 0.5) is 29.1 Å². The van der Waals surface area contributed by atoms with Crippen LogP contribution in [0.2, 0.25) is 0 Å². The molecule has 7 nitrogen and oxygen atoms in total. The second-order valence-electron chi connectivity index (χ2n) is 14.8. The van der Waals surface area contributed by atoms with Crippen molar-refractivity contribution in [2.45, 2.75) is 76.0 Å². The second-order valence-corrected chi connectivity index (χ2v) is 14.8. The van der Waals surface area contributed by atoms with E-state index in [2.05, 4.69) is 26.7 Å². The molecule has 1 saturated carbocycles. The first kappa shape index (κ1) is 31.5. The van der Waals surface area contributed by atoms with Crippen LogP contribution >= 0.6 is 0 Å². The van der Waals surface area contributed by atoms with Crippen molar-refractivity contribution in [1.29, 1.82) is 0 Å². The molecule has 1 aliphatic carbocycles. The van der Waals surface area contributed by atoms with E-state index in [0.717, 1.165) is 44.2 Å². The highest BCUT2D eigenvalue weighted by atomic mass is 19.1. The van der Waals surface area contributed by atoms with E-state index in [4.69, 9.17) is 15.5 Å². The number of pyridine rings is 1. The summed E-state index contributed by atoms with van der Waals surface area (Å²) in [6, 6.07) is 6.15. The van der Waals surface area contributed by atoms with Gasteiger partial charge in [-0.25, -0.2) is 17.6 Å². The number of rotatable bonds is 3. The molecule has 4 aromatic rings. The molecular formula is C39H38F4N6O. The summed E-state index contributed by atoms with van der Waals surface area (Å²) in [6.45, 7) is 2.00. The summed E-state index contributed by atoms with van der Waals surface area (Å²) in [5.74, 6) is 4.72. The molecule has 0 unspecified atom stereocenters. The van der Waals surface area contributed by atoms with E-state index in [1.54, 1.807) is 23.1 Å². The van der Waals surface area contributed by atoms with E-state index in [-0.39, 0.29) is 57.5 Å². The van der Waals surface area contributed by atoms with E-state index in [9.17, 15) is 4.39 Å². The van der Waals surface area contributed by atoms with Crippen LogP contribution in [0.1, 0.15) is 69.8 Å². The summed E-state index contributed by atoms with van der Waals surface area (Å²) in [6.07, 6.45) is 8.41. The van der Waals surface area contributed by atoms with Gasteiger partial charge in [0.1, 0.15) is 29.5 Å². The van der Waals surface area contributed by atoms with Gasteiger partial charge in [0, 0.05) is 48.3 Å². The zero-order chi connectivity index (χ0) is 34.2. The number of hydrogen-bond donors (Lipinski definition) is 1. The van der Waals surface area contributed by atoms with Gasteiger partial charge >= 0.3 is 6.01 Å². The summed E-state index contributed by atoms with van der Waals surface area (Å²) < 4.78 is 69.6. The SMILES string of the molecule is Nc1cc2c3c(c(F)ccc3c1)C#CCCC[C@@H]1CCCCN(c3nc(OC[C@]45C/C(=C\F)CN4CCC54CC4)nc4c(F)c-2ncc34)[C@H]1F. The highest BCUT2D eigenvalue weighted by molar-refractivity contribution is 6.03. The molecule has 10 rings (SSSR count). The van der Waals surface area contributed by atoms with Crippen LogP contribution in [-0.4, -0.2) is 57.9 Å². The Balaban J connectivity index is 1.24. The Morgan fingerprint density at radius 1 is 1.06 bits per heavy atom. The summed E-state index contributed by atoms with van der Waals surface area (Å²) in [5.41, 5.74) is 7.28. The van der Waals surface area contributed by atoms with E-state index in [1.807, 2.05) is 0 Å². The van der Waals surface area contributed by atoms with Crippen molar-refractivity contribution in [2.24, 2.45) is 11.3 Å². The molecule has 6 aliphatic rings. The van der Waals surface area contributed by atoms with Crippen molar-refractivity contribution in [1.82, 2.24) is 19.9 Å². The van der Waals surface area contributed by atoms with E-state index < -0.39 is 23.5 Å². The van der Waals surface area contributed by atoms with Crippen LogP contribution in [-0.2, 0) is 0 Å². The third-order valence-electron chi connectivity index (χ3n) is 12.1. The predicted octanol–water partition coefficient (Wildman–Crippen LogP) is 8.00. The molecule has 11 heteroatoms. The number of halogens is 4. The van der Waals surface area contributed by atoms with Gasteiger partial charge in [-0.3, -0.25) is 9.88 Å². The monoisotopic (exact) mass is 682 g/mol. The largest absolute Gasteiger partial charge is 0.461 e. The first-order valence-electron chi connectivity index (χ1n) is 17.7. The van der Waals surface area contributed by atoms with Crippen molar-refractivity contribution in [3.8, 4) is 29.1 Å². The molecule has 2 aromatic heterocycles. The van der Waals surface area contributed by atoms with Gasteiger partial charge in [0.25, 0.3) is 0 Å². The number of nitrogens with zero attached hydrogens (tertiary/aromatic N) is 5. The maximum absolute atomic E-state index is 17.1.